The van der Waals surface area contributed by atoms with Gasteiger partial charge in [-0.1, -0.05) is 37.8 Å². The lowest BCUT2D eigenvalue weighted by Gasteiger charge is -2.19. The quantitative estimate of drug-likeness (QED) is 0.368. The third-order valence-corrected chi connectivity index (χ3v) is 6.61. The zero-order valence-corrected chi connectivity index (χ0v) is 15.1. The number of carbonyl (C=O) groups is 1. The van der Waals surface area contributed by atoms with E-state index in [2.05, 4.69) is 23.9 Å². The van der Waals surface area contributed by atoms with Crippen LogP contribution in [0.3, 0.4) is 0 Å². The van der Waals surface area contributed by atoms with Crippen molar-refractivity contribution >= 4 is 17.7 Å². The van der Waals surface area contributed by atoms with Crippen LogP contribution in [0.25, 0.3) is 0 Å². The summed E-state index contributed by atoms with van der Waals surface area (Å²) in [7, 11) is 0. The second-order valence-electron chi connectivity index (χ2n) is 7.00. The van der Waals surface area contributed by atoms with Crippen molar-refractivity contribution < 1.29 is 14.6 Å². The minimum Gasteiger partial charge on any atom is -0.481 e. The molecule has 0 aromatic heterocycles. The number of carboxylic acid groups (broad SMARTS) is 1. The summed E-state index contributed by atoms with van der Waals surface area (Å²) in [6.45, 7) is 1.83. The number of thioether (sulfide) groups is 1. The Morgan fingerprint density at radius 2 is 1.83 bits per heavy atom. The van der Waals surface area contributed by atoms with Gasteiger partial charge in [0.15, 0.2) is 0 Å². The molecule has 132 valence electrons. The maximum absolute atomic E-state index is 10.5. The molecule has 0 spiro atoms. The summed E-state index contributed by atoms with van der Waals surface area (Å²) in [5.41, 5.74) is 0. The highest BCUT2D eigenvalue weighted by Crippen LogP contribution is 2.33. The Hall–Kier alpha value is -0.480. The molecular formula is C19H32O3S. The molecule has 1 saturated heterocycles. The third-order valence-electron chi connectivity index (χ3n) is 5.05. The molecule has 1 saturated carbocycles. The van der Waals surface area contributed by atoms with Gasteiger partial charge in [-0.2, -0.15) is 11.8 Å². The van der Waals surface area contributed by atoms with E-state index in [9.17, 15) is 4.79 Å². The molecule has 4 heteroatoms. The van der Waals surface area contributed by atoms with Crippen molar-refractivity contribution in [2.45, 2.75) is 69.5 Å². The number of hydrogen-bond donors (Lipinski definition) is 1. The summed E-state index contributed by atoms with van der Waals surface area (Å²) in [4.78, 5) is 10.5. The number of aliphatic carboxylic acids is 1. The number of allylic oxidation sites excluding steroid dienone is 2. The van der Waals surface area contributed by atoms with Crippen LogP contribution >= 0.6 is 11.8 Å². The van der Waals surface area contributed by atoms with Gasteiger partial charge in [0.05, 0.1) is 13.2 Å². The molecule has 0 aromatic carbocycles. The van der Waals surface area contributed by atoms with Gasteiger partial charge in [0, 0.05) is 11.7 Å². The monoisotopic (exact) mass is 340 g/mol. The van der Waals surface area contributed by atoms with E-state index in [1.807, 2.05) is 0 Å². The Labute approximate surface area is 145 Å². The fourth-order valence-corrected chi connectivity index (χ4v) is 5.07. The normalized spacial score (nSPS) is 26.6. The second-order valence-corrected chi connectivity index (χ2v) is 8.33. The van der Waals surface area contributed by atoms with Gasteiger partial charge in [0.2, 0.25) is 0 Å². The number of hydrogen-bond acceptors (Lipinski definition) is 3. The molecule has 1 N–H and O–H groups in total. The molecule has 3 nitrogen and oxygen atoms in total. The first-order valence-corrected chi connectivity index (χ1v) is 10.4. The molecule has 1 aliphatic heterocycles. The van der Waals surface area contributed by atoms with E-state index in [1.165, 1.54) is 44.3 Å². The highest BCUT2D eigenvalue weighted by atomic mass is 32.2. The van der Waals surface area contributed by atoms with E-state index >= 15 is 0 Å². The fourth-order valence-electron chi connectivity index (χ4n) is 3.52. The van der Waals surface area contributed by atoms with Crippen LogP contribution in [0.2, 0.25) is 0 Å². The number of carboxylic acids is 1. The van der Waals surface area contributed by atoms with Crippen LogP contribution in [-0.2, 0) is 9.53 Å². The lowest BCUT2D eigenvalue weighted by Crippen LogP contribution is -2.16. The van der Waals surface area contributed by atoms with Gasteiger partial charge in [0.1, 0.15) is 0 Å². The van der Waals surface area contributed by atoms with Crippen molar-refractivity contribution in [1.29, 1.82) is 0 Å². The fraction of sp³-hybridized carbons (Fsp3) is 0.842. The van der Waals surface area contributed by atoms with Crippen LogP contribution < -0.4 is 0 Å². The number of rotatable bonds is 9. The molecule has 1 aliphatic carbocycles. The van der Waals surface area contributed by atoms with Gasteiger partial charge in [-0.25, -0.2) is 0 Å². The lowest BCUT2D eigenvalue weighted by molar-refractivity contribution is -0.137. The molecule has 1 heterocycles. The van der Waals surface area contributed by atoms with Gasteiger partial charge in [-0.3, -0.25) is 4.79 Å². The van der Waals surface area contributed by atoms with E-state index in [0.717, 1.165) is 37.7 Å². The van der Waals surface area contributed by atoms with Gasteiger partial charge in [0.25, 0.3) is 0 Å². The minimum absolute atomic E-state index is 0.275. The molecule has 23 heavy (non-hydrogen) atoms. The topological polar surface area (TPSA) is 46.5 Å². The average Bonchev–Trinajstić information content (AvgIpc) is 2.81. The predicted octanol–water partition coefficient (Wildman–Crippen LogP) is 4.91. The van der Waals surface area contributed by atoms with Gasteiger partial charge in [-0.05, 0) is 49.7 Å². The SMILES string of the molecule is O=C(O)CCCC=CC[C@H]1COC[C@H]1CSC1CCCCCC1. The summed E-state index contributed by atoms with van der Waals surface area (Å²) >= 11 is 2.19. The molecule has 2 aliphatic rings. The van der Waals surface area contributed by atoms with E-state index < -0.39 is 5.97 Å². The lowest BCUT2D eigenvalue weighted by atomic mass is 9.94. The van der Waals surface area contributed by atoms with Crippen LogP contribution in [-0.4, -0.2) is 35.3 Å². The molecule has 0 unspecified atom stereocenters. The standard InChI is InChI=1S/C19H32O3S/c20-19(21)12-8-4-1-5-9-16-13-22-14-17(16)15-23-18-10-6-2-3-7-11-18/h1,5,16-18H,2-4,6-15H2,(H,20,21)/t16-,17-/m0/s1. The van der Waals surface area contributed by atoms with Crippen molar-refractivity contribution in [3.63, 3.8) is 0 Å². The van der Waals surface area contributed by atoms with Gasteiger partial charge in [-0.15, -0.1) is 0 Å². The maximum Gasteiger partial charge on any atom is 0.303 e. The zero-order valence-electron chi connectivity index (χ0n) is 14.3. The van der Waals surface area contributed by atoms with Crippen LogP contribution in [0.5, 0.6) is 0 Å². The van der Waals surface area contributed by atoms with E-state index in [1.54, 1.807) is 0 Å². The molecule has 0 aromatic rings. The highest BCUT2D eigenvalue weighted by Gasteiger charge is 2.28. The summed E-state index contributed by atoms with van der Waals surface area (Å²) in [6, 6.07) is 0. The van der Waals surface area contributed by atoms with E-state index in [4.69, 9.17) is 9.84 Å². The van der Waals surface area contributed by atoms with Crippen molar-refractivity contribution in [1.82, 2.24) is 0 Å². The number of ether oxygens (including phenoxy) is 1. The van der Waals surface area contributed by atoms with Gasteiger partial charge < -0.3 is 9.84 Å². The summed E-state index contributed by atoms with van der Waals surface area (Å²) in [5.74, 6) is 1.91. The summed E-state index contributed by atoms with van der Waals surface area (Å²) < 4.78 is 5.72. The Morgan fingerprint density at radius 1 is 1.09 bits per heavy atom. The van der Waals surface area contributed by atoms with Crippen LogP contribution in [0, 0.1) is 11.8 Å². The average molecular weight is 341 g/mol. The first kappa shape index (κ1) is 18.9. The van der Waals surface area contributed by atoms with E-state index in [-0.39, 0.29) is 6.42 Å². The number of unbranched alkanes of at least 4 members (excludes halogenated alkanes) is 1. The minimum atomic E-state index is -0.696. The smallest absolute Gasteiger partial charge is 0.303 e. The zero-order chi connectivity index (χ0) is 16.3. The molecule has 0 bridgehead atoms. The largest absolute Gasteiger partial charge is 0.481 e. The first-order valence-electron chi connectivity index (χ1n) is 9.32. The molecule has 2 atom stereocenters. The van der Waals surface area contributed by atoms with Crippen LogP contribution in [0.15, 0.2) is 12.2 Å². The highest BCUT2D eigenvalue weighted by molar-refractivity contribution is 7.99. The Balaban J connectivity index is 1.62. The Kier molecular flexibility index (Phi) is 9.13. The maximum atomic E-state index is 10.5. The molecule has 2 fully saturated rings. The molecule has 2 rings (SSSR count). The molecule has 0 radical (unpaired) electrons. The Bertz CT molecular complexity index is 362. The van der Waals surface area contributed by atoms with Crippen LogP contribution in [0.1, 0.15) is 64.2 Å². The van der Waals surface area contributed by atoms with Crippen molar-refractivity contribution in [2.24, 2.45) is 11.8 Å². The molecular weight excluding hydrogens is 308 g/mol. The third kappa shape index (κ3) is 7.75. The first-order chi connectivity index (χ1) is 11.3. The van der Waals surface area contributed by atoms with Crippen molar-refractivity contribution in [3.8, 4) is 0 Å². The van der Waals surface area contributed by atoms with Gasteiger partial charge >= 0.3 is 5.97 Å². The second kappa shape index (κ2) is 11.1. The molecule has 0 amide bonds. The predicted molar refractivity (Wildman–Crippen MR) is 97.0 cm³/mol. The summed E-state index contributed by atoms with van der Waals surface area (Å²) in [5, 5.41) is 9.50. The Morgan fingerprint density at radius 3 is 2.57 bits per heavy atom. The van der Waals surface area contributed by atoms with E-state index in [0.29, 0.717) is 11.8 Å². The van der Waals surface area contributed by atoms with Crippen molar-refractivity contribution in [3.05, 3.63) is 12.2 Å². The summed E-state index contributed by atoms with van der Waals surface area (Å²) in [6.07, 6.45) is 15.9. The van der Waals surface area contributed by atoms with Crippen molar-refractivity contribution in [2.75, 3.05) is 19.0 Å². The van der Waals surface area contributed by atoms with Crippen LogP contribution in [0.4, 0.5) is 0 Å².